The predicted molar refractivity (Wildman–Crippen MR) is 88.7 cm³/mol. The highest BCUT2D eigenvalue weighted by atomic mass is 32.2. The van der Waals surface area contributed by atoms with Crippen molar-refractivity contribution < 1.29 is 23.0 Å². The van der Waals surface area contributed by atoms with E-state index in [1.807, 2.05) is 32.6 Å². The number of likely N-dealkylation sites (tertiary alicyclic amines) is 1. The third-order valence-electron chi connectivity index (χ3n) is 3.86. The highest BCUT2D eigenvalue weighted by Crippen LogP contribution is 2.36. The molecule has 24 heavy (non-hydrogen) atoms. The Kier molecular flexibility index (Phi) is 5.90. The van der Waals surface area contributed by atoms with Crippen molar-refractivity contribution in [2.75, 3.05) is 13.1 Å². The first-order valence-electron chi connectivity index (χ1n) is 7.89. The van der Waals surface area contributed by atoms with Gasteiger partial charge in [-0.25, -0.2) is 0 Å². The summed E-state index contributed by atoms with van der Waals surface area (Å²) < 4.78 is 43.8. The Labute approximate surface area is 145 Å². The van der Waals surface area contributed by atoms with Crippen LogP contribution in [0.15, 0.2) is 29.2 Å². The zero-order valence-corrected chi connectivity index (χ0v) is 15.1. The summed E-state index contributed by atoms with van der Waals surface area (Å²) in [7, 11) is 0. The number of hydrogen-bond acceptors (Lipinski definition) is 4. The zero-order valence-electron chi connectivity index (χ0n) is 14.3. The summed E-state index contributed by atoms with van der Waals surface area (Å²) in [6.45, 7) is 8.97. The predicted octanol–water partition coefficient (Wildman–Crippen LogP) is 4.21. The molecule has 0 aliphatic carbocycles. The van der Waals surface area contributed by atoms with Gasteiger partial charge in [0.25, 0.3) is 0 Å². The Bertz CT molecular complexity index is 554. The van der Waals surface area contributed by atoms with Crippen molar-refractivity contribution in [3.8, 4) is 0 Å². The molecule has 2 rings (SSSR count). The summed E-state index contributed by atoms with van der Waals surface area (Å²) in [6, 6.07) is 5.41. The maximum Gasteiger partial charge on any atom is 0.416 e. The highest BCUT2D eigenvalue weighted by Gasteiger charge is 2.37. The topological polar surface area (TPSA) is 32.7 Å². The van der Waals surface area contributed by atoms with Crippen LogP contribution in [0.2, 0.25) is 0 Å². The van der Waals surface area contributed by atoms with E-state index in [9.17, 15) is 18.3 Å². The minimum Gasteiger partial charge on any atom is -0.356 e. The van der Waals surface area contributed by atoms with Gasteiger partial charge in [-0.15, -0.1) is 11.8 Å². The fraction of sp³-hybridized carbons (Fsp3) is 0.647. The van der Waals surface area contributed by atoms with Crippen LogP contribution < -0.4 is 0 Å². The van der Waals surface area contributed by atoms with Crippen molar-refractivity contribution in [3.05, 3.63) is 29.8 Å². The Balaban J connectivity index is 1.86. The van der Waals surface area contributed by atoms with E-state index in [2.05, 4.69) is 0 Å². The van der Waals surface area contributed by atoms with Gasteiger partial charge in [0, 0.05) is 23.2 Å². The second-order valence-corrected chi connectivity index (χ2v) is 8.57. The maximum atomic E-state index is 12.8. The lowest BCUT2D eigenvalue weighted by Crippen LogP contribution is -2.56. The summed E-state index contributed by atoms with van der Waals surface area (Å²) in [5.41, 5.74) is -1.05. The maximum absolute atomic E-state index is 12.8. The summed E-state index contributed by atoms with van der Waals surface area (Å²) in [5.74, 6) is 0.308. The first kappa shape index (κ1) is 19.6. The van der Waals surface area contributed by atoms with Crippen LogP contribution in [0, 0.1) is 5.92 Å². The number of aliphatic hydroxyl groups excluding tert-OH is 1. The molecule has 0 aromatic heterocycles. The second-order valence-electron chi connectivity index (χ2n) is 7.12. The fourth-order valence-corrected chi connectivity index (χ4v) is 3.62. The summed E-state index contributed by atoms with van der Waals surface area (Å²) in [5, 5.41) is 10.2. The lowest BCUT2D eigenvalue weighted by atomic mass is 9.97. The van der Waals surface area contributed by atoms with Gasteiger partial charge >= 0.3 is 6.18 Å². The van der Waals surface area contributed by atoms with Crippen molar-refractivity contribution in [1.82, 2.24) is 4.90 Å². The van der Waals surface area contributed by atoms with E-state index in [0.717, 1.165) is 6.07 Å². The van der Waals surface area contributed by atoms with Gasteiger partial charge in [0.1, 0.15) is 0 Å². The Morgan fingerprint density at radius 3 is 2.42 bits per heavy atom. The monoisotopic (exact) mass is 363 g/mol. The van der Waals surface area contributed by atoms with Crippen LogP contribution in [0.25, 0.3) is 0 Å². The molecule has 0 spiro atoms. The third-order valence-corrected chi connectivity index (χ3v) is 5.14. The standard InChI is InChI=1S/C17H24F3NO2S/c1-11(12-9-21(10-12)15(22)23-16(2,3)4)24-14-7-5-6-13(8-14)17(18,19)20/h5-8,11-12,15,22H,9-10H2,1-4H3. The van der Waals surface area contributed by atoms with Crippen LogP contribution in [0.4, 0.5) is 13.2 Å². The number of alkyl halides is 3. The van der Waals surface area contributed by atoms with Gasteiger partial charge in [-0.3, -0.25) is 4.90 Å². The lowest BCUT2D eigenvalue weighted by molar-refractivity contribution is -0.260. The average molecular weight is 363 g/mol. The van der Waals surface area contributed by atoms with Gasteiger partial charge in [-0.05, 0) is 44.9 Å². The molecule has 1 aliphatic heterocycles. The molecule has 1 aliphatic rings. The first-order valence-corrected chi connectivity index (χ1v) is 8.77. The van der Waals surface area contributed by atoms with Crippen molar-refractivity contribution in [2.24, 2.45) is 5.92 Å². The number of nitrogens with zero attached hydrogens (tertiary/aromatic N) is 1. The van der Waals surface area contributed by atoms with Crippen molar-refractivity contribution >= 4 is 11.8 Å². The molecule has 2 unspecified atom stereocenters. The minimum atomic E-state index is -4.32. The van der Waals surface area contributed by atoms with E-state index in [1.54, 1.807) is 6.07 Å². The van der Waals surface area contributed by atoms with Crippen LogP contribution in [0.3, 0.4) is 0 Å². The number of hydrogen-bond donors (Lipinski definition) is 1. The SMILES string of the molecule is CC(Sc1cccc(C(F)(F)F)c1)C1CN(C(O)OC(C)(C)C)C1. The van der Waals surface area contributed by atoms with E-state index in [1.165, 1.54) is 23.9 Å². The Morgan fingerprint density at radius 1 is 1.25 bits per heavy atom. The number of thioether (sulfide) groups is 1. The molecule has 1 saturated heterocycles. The molecule has 1 fully saturated rings. The van der Waals surface area contributed by atoms with Crippen LogP contribution in [0.5, 0.6) is 0 Å². The number of halogens is 3. The van der Waals surface area contributed by atoms with Crippen LogP contribution in [-0.4, -0.2) is 40.4 Å². The number of benzene rings is 1. The molecule has 2 atom stereocenters. The molecular formula is C17H24F3NO2S. The van der Waals surface area contributed by atoms with E-state index in [-0.39, 0.29) is 5.25 Å². The number of aliphatic hydroxyl groups is 1. The van der Waals surface area contributed by atoms with E-state index in [0.29, 0.717) is 23.9 Å². The van der Waals surface area contributed by atoms with Crippen LogP contribution >= 0.6 is 11.8 Å². The molecule has 1 N–H and O–H groups in total. The average Bonchev–Trinajstić information content (AvgIpc) is 2.33. The Hall–Kier alpha value is -0.760. The van der Waals surface area contributed by atoms with Gasteiger partial charge in [0.15, 0.2) is 0 Å². The van der Waals surface area contributed by atoms with Crippen LogP contribution in [-0.2, 0) is 10.9 Å². The van der Waals surface area contributed by atoms with Gasteiger partial charge in [0.05, 0.1) is 11.2 Å². The quantitative estimate of drug-likeness (QED) is 0.628. The summed E-state index contributed by atoms with van der Waals surface area (Å²) >= 11 is 1.44. The van der Waals surface area contributed by atoms with Crippen molar-refractivity contribution in [1.29, 1.82) is 0 Å². The molecule has 1 aromatic carbocycles. The molecular weight excluding hydrogens is 339 g/mol. The van der Waals surface area contributed by atoms with Crippen molar-refractivity contribution in [3.63, 3.8) is 0 Å². The molecule has 1 aromatic rings. The molecule has 1 heterocycles. The fourth-order valence-electron chi connectivity index (χ4n) is 2.47. The highest BCUT2D eigenvalue weighted by molar-refractivity contribution is 8.00. The molecule has 7 heteroatoms. The minimum absolute atomic E-state index is 0.159. The van der Waals surface area contributed by atoms with E-state index < -0.39 is 23.8 Å². The van der Waals surface area contributed by atoms with E-state index >= 15 is 0 Å². The van der Waals surface area contributed by atoms with Gasteiger partial charge in [-0.1, -0.05) is 13.0 Å². The largest absolute Gasteiger partial charge is 0.416 e. The molecule has 0 amide bonds. The lowest BCUT2D eigenvalue weighted by Gasteiger charge is -2.45. The smallest absolute Gasteiger partial charge is 0.356 e. The molecule has 3 nitrogen and oxygen atoms in total. The van der Waals surface area contributed by atoms with Gasteiger partial charge in [-0.2, -0.15) is 13.2 Å². The zero-order chi connectivity index (χ0) is 18.1. The van der Waals surface area contributed by atoms with Gasteiger partial charge < -0.3 is 9.84 Å². The summed E-state index contributed by atoms with van der Waals surface area (Å²) in [4.78, 5) is 2.43. The van der Waals surface area contributed by atoms with E-state index in [4.69, 9.17) is 4.74 Å². The summed E-state index contributed by atoms with van der Waals surface area (Å²) in [6.07, 6.45) is -5.26. The molecule has 0 saturated carbocycles. The Morgan fingerprint density at radius 2 is 1.88 bits per heavy atom. The van der Waals surface area contributed by atoms with Crippen LogP contribution in [0.1, 0.15) is 33.3 Å². The third kappa shape index (κ3) is 5.37. The number of ether oxygens (including phenoxy) is 1. The number of rotatable bonds is 5. The first-order chi connectivity index (χ1) is 11.0. The molecule has 0 radical (unpaired) electrons. The second kappa shape index (κ2) is 7.23. The normalized spacial score (nSPS) is 19.8. The van der Waals surface area contributed by atoms with Gasteiger partial charge in [0.2, 0.25) is 6.41 Å². The van der Waals surface area contributed by atoms with Crippen molar-refractivity contribution in [2.45, 2.75) is 56.0 Å². The molecule has 136 valence electrons. The molecule has 0 bridgehead atoms.